The number of rotatable bonds is 2. The van der Waals surface area contributed by atoms with E-state index in [-0.39, 0.29) is 6.54 Å². The Labute approximate surface area is 44.0 Å². The minimum Gasteiger partial charge on any atom is -0.480 e. The molecule has 0 unspecified atom stereocenters. The summed E-state index contributed by atoms with van der Waals surface area (Å²) in [7, 11) is 3.47. The molecule has 0 atom stereocenters. The van der Waals surface area contributed by atoms with Crippen LogP contribution in [0.4, 0.5) is 0 Å². The van der Waals surface area contributed by atoms with Gasteiger partial charge in [-0.2, -0.15) is 0 Å². The lowest BCUT2D eigenvalue weighted by Gasteiger charge is -2.01. The van der Waals surface area contributed by atoms with Gasteiger partial charge in [0.25, 0.3) is 1.43 Å². The zero-order valence-electron chi connectivity index (χ0n) is 5.47. The Hall–Kier alpha value is -0.570. The Morgan fingerprint density at radius 3 is 2.71 bits per heavy atom. The number of hydrogen-bond acceptors (Lipinski definition) is 3. The SMILES string of the molecule is [2H]OC(=O)CN(C)C. The number of likely N-dealkylation sites (N-methyl/N-ethyl adjacent to an activating group) is 1. The van der Waals surface area contributed by atoms with Crippen molar-refractivity contribution < 1.29 is 9.90 Å². The maximum Gasteiger partial charge on any atom is 0.317 e. The summed E-state index contributed by atoms with van der Waals surface area (Å²) in [5.41, 5.74) is 0. The molecule has 0 bridgehead atoms. The topological polar surface area (TPSA) is 40.5 Å². The molecule has 1 N–H and O–H groups in total. The molecular formula is C4H9NO2. The lowest BCUT2D eigenvalue weighted by atomic mass is 10.6. The minimum atomic E-state index is -0.532. The van der Waals surface area contributed by atoms with E-state index in [1.165, 1.54) is 0 Å². The van der Waals surface area contributed by atoms with Crippen molar-refractivity contribution in [2.24, 2.45) is 0 Å². The van der Waals surface area contributed by atoms with Crippen LogP contribution in [-0.4, -0.2) is 36.6 Å². The first-order valence-corrected chi connectivity index (χ1v) is 1.97. The van der Waals surface area contributed by atoms with Crippen molar-refractivity contribution in [1.29, 1.82) is 1.43 Å². The maximum absolute atomic E-state index is 10.2. The third-order valence-corrected chi connectivity index (χ3v) is 0.445. The van der Waals surface area contributed by atoms with E-state index in [1.54, 1.807) is 19.0 Å². The van der Waals surface area contributed by atoms with Gasteiger partial charge in [-0.1, -0.05) is 0 Å². The van der Waals surface area contributed by atoms with Crippen molar-refractivity contribution in [3.8, 4) is 0 Å². The first-order valence-electron chi connectivity index (χ1n) is 2.38. The zero-order chi connectivity index (χ0) is 6.57. The fourth-order valence-electron chi connectivity index (χ4n) is 0.258. The molecule has 0 aliphatic carbocycles. The van der Waals surface area contributed by atoms with Crippen molar-refractivity contribution in [2.75, 3.05) is 20.6 Å². The van der Waals surface area contributed by atoms with Gasteiger partial charge in [-0.25, -0.2) is 0 Å². The Morgan fingerprint density at radius 1 is 2.00 bits per heavy atom. The first-order chi connectivity index (χ1) is 3.66. The van der Waals surface area contributed by atoms with Crippen LogP contribution in [0.15, 0.2) is 0 Å². The summed E-state index contributed by atoms with van der Waals surface area (Å²) in [6, 6.07) is 0. The predicted octanol–water partition coefficient (Wildman–Crippen LogP) is -0.367. The summed E-state index contributed by atoms with van der Waals surface area (Å²) in [5, 5.41) is 3.63. The van der Waals surface area contributed by atoms with Gasteiger partial charge in [0.05, 0.1) is 6.54 Å². The van der Waals surface area contributed by atoms with Crippen molar-refractivity contribution in [2.45, 2.75) is 0 Å². The van der Waals surface area contributed by atoms with Crippen LogP contribution in [0.3, 0.4) is 0 Å². The molecule has 0 aliphatic heterocycles. The average Bonchev–Trinajstić information content (AvgIpc) is 1.65. The van der Waals surface area contributed by atoms with E-state index < -0.39 is 5.97 Å². The third kappa shape index (κ3) is 5.43. The second-order valence-electron chi connectivity index (χ2n) is 1.61. The monoisotopic (exact) mass is 104 g/mol. The van der Waals surface area contributed by atoms with E-state index in [9.17, 15) is 4.79 Å². The quantitative estimate of drug-likeness (QED) is 0.519. The molecule has 0 aromatic rings. The Kier molecular flexibility index (Phi) is 1.69. The molecule has 0 saturated carbocycles. The summed E-state index contributed by atoms with van der Waals surface area (Å²) >= 11 is 0. The van der Waals surface area contributed by atoms with Crippen LogP contribution in [-0.2, 0) is 4.79 Å². The lowest BCUT2D eigenvalue weighted by Crippen LogP contribution is -2.20. The standard InChI is InChI=1S/C4H9NO2/c1-5(2)3-4(6)7/h3H2,1-2H3,(H,6,7)/i/hD. The van der Waals surface area contributed by atoms with Crippen molar-refractivity contribution in [3.63, 3.8) is 0 Å². The van der Waals surface area contributed by atoms with E-state index in [1.807, 2.05) is 0 Å². The van der Waals surface area contributed by atoms with Crippen LogP contribution in [0.25, 0.3) is 1.43 Å². The van der Waals surface area contributed by atoms with Gasteiger partial charge < -0.3 is 5.11 Å². The largest absolute Gasteiger partial charge is 0.480 e. The first kappa shape index (κ1) is 4.59. The van der Waals surface area contributed by atoms with Gasteiger partial charge in [-0.15, -0.1) is 0 Å². The fraction of sp³-hybridized carbons (Fsp3) is 0.750. The molecule has 0 aromatic carbocycles. The molecule has 0 radical (unpaired) electrons. The highest BCUT2D eigenvalue weighted by Crippen LogP contribution is 1.69. The normalized spacial score (nSPS) is 11.0. The molecule has 0 saturated heterocycles. The molecule has 3 nitrogen and oxygen atoms in total. The number of hydrogen-bond donors (Lipinski definition) is 1. The highest BCUT2D eigenvalue weighted by molar-refractivity contribution is 5.68. The van der Waals surface area contributed by atoms with Crippen LogP contribution in [0, 0.1) is 0 Å². The van der Waals surface area contributed by atoms with Gasteiger partial charge in [0.2, 0.25) is 0 Å². The van der Waals surface area contributed by atoms with E-state index in [4.69, 9.17) is 1.43 Å². The highest BCUT2D eigenvalue weighted by atomic mass is 16.4. The summed E-state index contributed by atoms with van der Waals surface area (Å²) in [6.45, 7) is 0.170. The molecule has 0 heterocycles. The lowest BCUT2D eigenvalue weighted by molar-refractivity contribution is -0.137. The van der Waals surface area contributed by atoms with Gasteiger partial charge in [-0.3, -0.25) is 9.69 Å². The van der Waals surface area contributed by atoms with Crippen molar-refractivity contribution in [1.82, 2.24) is 4.90 Å². The summed E-state index contributed by atoms with van der Waals surface area (Å²) in [6.07, 6.45) is 0. The van der Waals surface area contributed by atoms with Crippen molar-refractivity contribution >= 4 is 5.97 Å². The molecule has 0 aromatic heterocycles. The zero-order valence-corrected chi connectivity index (χ0v) is 4.47. The Bertz CT molecular complexity index is 84.1. The maximum atomic E-state index is 10.2. The van der Waals surface area contributed by atoms with E-state index in [0.717, 1.165) is 0 Å². The molecule has 0 rings (SSSR count). The average molecular weight is 104 g/mol. The number of carboxylic acids is 1. The van der Waals surface area contributed by atoms with E-state index in [0.29, 0.717) is 0 Å². The second kappa shape index (κ2) is 2.58. The molecule has 0 amide bonds. The van der Waals surface area contributed by atoms with Gasteiger partial charge in [0.15, 0.2) is 0 Å². The predicted molar refractivity (Wildman–Crippen MR) is 26.2 cm³/mol. The van der Waals surface area contributed by atoms with E-state index >= 15 is 0 Å². The second-order valence-corrected chi connectivity index (χ2v) is 1.61. The number of carboxylic acid groups (broad SMARTS) is 1. The third-order valence-electron chi connectivity index (χ3n) is 0.445. The van der Waals surface area contributed by atoms with Gasteiger partial charge in [-0.05, 0) is 14.1 Å². The Balaban J connectivity index is 3.25. The highest BCUT2D eigenvalue weighted by Gasteiger charge is 1.94. The van der Waals surface area contributed by atoms with Crippen LogP contribution in [0.5, 0.6) is 0 Å². The number of carbonyl (C=O) groups is 1. The number of nitrogens with zero attached hydrogens (tertiary/aromatic N) is 1. The Morgan fingerprint density at radius 2 is 2.57 bits per heavy atom. The molecule has 0 spiro atoms. The molecule has 0 aliphatic rings. The minimum absolute atomic E-state index is 0.170. The number of aliphatic carboxylic acids is 1. The van der Waals surface area contributed by atoms with Gasteiger partial charge in [0, 0.05) is 0 Å². The summed E-state index contributed by atoms with van der Waals surface area (Å²) in [5.74, 6) is -0.532. The van der Waals surface area contributed by atoms with Crippen LogP contribution >= 0.6 is 0 Å². The van der Waals surface area contributed by atoms with Gasteiger partial charge >= 0.3 is 5.97 Å². The molecule has 3 heteroatoms. The summed E-state index contributed by atoms with van der Waals surface area (Å²) < 4.78 is 6.13. The molecule has 42 valence electrons. The van der Waals surface area contributed by atoms with E-state index in [2.05, 4.69) is 5.11 Å². The fourth-order valence-corrected chi connectivity index (χ4v) is 0.258. The van der Waals surface area contributed by atoms with Crippen LogP contribution < -0.4 is 0 Å². The molecule has 0 fully saturated rings. The summed E-state index contributed by atoms with van der Waals surface area (Å²) in [4.78, 5) is 11.8. The van der Waals surface area contributed by atoms with Crippen LogP contribution in [0.2, 0.25) is 0 Å². The van der Waals surface area contributed by atoms with Crippen LogP contribution in [0.1, 0.15) is 0 Å². The smallest absolute Gasteiger partial charge is 0.317 e. The van der Waals surface area contributed by atoms with Crippen molar-refractivity contribution in [3.05, 3.63) is 0 Å². The molecule has 7 heavy (non-hydrogen) atoms. The van der Waals surface area contributed by atoms with Gasteiger partial charge in [0.1, 0.15) is 0 Å². The molecular weight excluding hydrogens is 94.0 g/mol.